The Kier molecular flexibility index (Phi) is 17.7. The van der Waals surface area contributed by atoms with E-state index in [4.69, 9.17) is 14.2 Å². The minimum Gasteiger partial charge on any atom is -0.480 e. The first-order valence-corrected chi connectivity index (χ1v) is 27.7. The number of fused-ring (bicyclic) bond motifs is 5. The van der Waals surface area contributed by atoms with E-state index in [2.05, 4.69) is 51.2 Å². The topological polar surface area (TPSA) is 329 Å². The van der Waals surface area contributed by atoms with Gasteiger partial charge in [0.15, 0.2) is 28.1 Å². The lowest BCUT2D eigenvalue weighted by Gasteiger charge is -2.25. The SMILES string of the molecule is O=C(O)CN(Cc1ccccc1NC(=O)CN(Cc1ccccc1NC(=O)OCC1c2ccccc2-c2ccccc21)C(=O)Cn1cnc2c(NC(=O)OCc3ccccc3)ncnc21)C(=O)Cn1cnc2c(=O)[nH]c(NC(=O)OCc3ccccc3)nc21. The first-order chi connectivity index (χ1) is 43.3. The summed E-state index contributed by atoms with van der Waals surface area (Å²) in [6, 6.07) is 46.8. The van der Waals surface area contributed by atoms with Gasteiger partial charge in [0.1, 0.15) is 52.3 Å². The van der Waals surface area contributed by atoms with Crippen molar-refractivity contribution < 1.29 is 52.9 Å². The van der Waals surface area contributed by atoms with Crippen LogP contribution in [0.5, 0.6) is 0 Å². The summed E-state index contributed by atoms with van der Waals surface area (Å²) in [4.78, 5) is 134. The van der Waals surface area contributed by atoms with Crippen molar-refractivity contribution in [3.63, 3.8) is 0 Å². The number of carbonyl (C=O) groups is 7. The Morgan fingerprint density at radius 1 is 0.528 bits per heavy atom. The molecule has 4 aromatic heterocycles. The average molecular weight is 1200 g/mol. The molecule has 4 heterocycles. The van der Waals surface area contributed by atoms with Crippen LogP contribution < -0.4 is 26.8 Å². The third-order valence-corrected chi connectivity index (χ3v) is 14.3. The molecule has 448 valence electrons. The van der Waals surface area contributed by atoms with Crippen LogP contribution in [0.4, 0.5) is 37.5 Å². The number of carboxylic acid groups (broad SMARTS) is 1. The van der Waals surface area contributed by atoms with Crippen LogP contribution in [0.3, 0.4) is 0 Å². The first-order valence-electron chi connectivity index (χ1n) is 27.7. The smallest absolute Gasteiger partial charge is 0.414 e. The number of amides is 6. The standard InChI is InChI=1S/C63H54N14O12/c78-50(68-48-25-13-7-19-41(48)28-75(32-53(81)82)52(80)31-77-38-67-55-58(77)71-60(72-59(55)83)73-63(86)88-34-40-17-5-2-6-18-40)29-74(51(79)30-76-37-66-54-56(64-36-65-57(54)76)70-62(85)87-33-39-15-3-1-4-16-39)27-42-20-8-14-26-49(42)69-61(84)89-35-47-45-23-11-9-21-43(45)44-22-10-12-24-46(44)47/h1-26,36-38,47H,27-35H2,(H,68,78)(H,69,84)(H,81,82)(H,64,65,70,85)(H2,71,72,73,83,86). The van der Waals surface area contributed by atoms with Crippen LogP contribution in [0, 0.1) is 0 Å². The maximum Gasteiger partial charge on any atom is 0.414 e. The normalized spacial score (nSPS) is 11.5. The molecule has 89 heavy (non-hydrogen) atoms. The van der Waals surface area contributed by atoms with E-state index >= 15 is 0 Å². The number of anilines is 4. The summed E-state index contributed by atoms with van der Waals surface area (Å²) in [5.41, 5.74) is 6.09. The molecule has 26 heteroatoms. The van der Waals surface area contributed by atoms with Crippen molar-refractivity contribution in [2.75, 3.05) is 41.0 Å². The molecule has 6 amide bonds. The largest absolute Gasteiger partial charge is 0.480 e. The van der Waals surface area contributed by atoms with Gasteiger partial charge in [0.05, 0.1) is 12.7 Å². The summed E-state index contributed by atoms with van der Waals surface area (Å²) < 4.78 is 19.1. The summed E-state index contributed by atoms with van der Waals surface area (Å²) in [5.74, 6) is -3.96. The van der Waals surface area contributed by atoms with Crippen LogP contribution in [0.1, 0.15) is 39.3 Å². The van der Waals surface area contributed by atoms with Gasteiger partial charge < -0.3 is 43.6 Å². The van der Waals surface area contributed by atoms with Crippen molar-refractivity contribution in [1.82, 2.24) is 48.8 Å². The maximum atomic E-state index is 14.8. The number of benzene rings is 6. The quantitative estimate of drug-likeness (QED) is 0.0351. The fourth-order valence-electron chi connectivity index (χ4n) is 10.1. The molecule has 1 aliphatic rings. The Morgan fingerprint density at radius 2 is 1.03 bits per heavy atom. The molecule has 0 saturated heterocycles. The number of H-pyrrole nitrogens is 1. The van der Waals surface area contributed by atoms with Gasteiger partial charge in [-0.3, -0.25) is 44.9 Å². The Labute approximate surface area is 505 Å². The minimum absolute atomic E-state index is 0.0110. The zero-order chi connectivity index (χ0) is 61.8. The second-order valence-corrected chi connectivity index (χ2v) is 20.3. The summed E-state index contributed by atoms with van der Waals surface area (Å²) in [7, 11) is 0. The van der Waals surface area contributed by atoms with Gasteiger partial charge in [-0.1, -0.05) is 146 Å². The summed E-state index contributed by atoms with van der Waals surface area (Å²) in [5, 5.41) is 20.6. The van der Waals surface area contributed by atoms with Crippen molar-refractivity contribution in [2.45, 2.75) is 45.3 Å². The molecule has 6 aromatic carbocycles. The molecule has 0 fully saturated rings. The highest BCUT2D eigenvalue weighted by Crippen LogP contribution is 2.44. The van der Waals surface area contributed by atoms with Crippen molar-refractivity contribution in [3.8, 4) is 11.1 Å². The number of aliphatic carboxylic acids is 1. The minimum atomic E-state index is -1.36. The van der Waals surface area contributed by atoms with E-state index in [0.717, 1.165) is 32.7 Å². The molecule has 0 unspecified atom stereocenters. The molecule has 1 aliphatic carbocycles. The van der Waals surface area contributed by atoms with E-state index in [-0.39, 0.29) is 84.3 Å². The number of hydrogen-bond donors (Lipinski definition) is 6. The van der Waals surface area contributed by atoms with Crippen LogP contribution in [-0.4, -0.2) is 116 Å². The van der Waals surface area contributed by atoms with Crippen molar-refractivity contribution >= 4 is 87.4 Å². The summed E-state index contributed by atoms with van der Waals surface area (Å²) in [6.07, 6.45) is 1.18. The maximum absolute atomic E-state index is 14.8. The van der Waals surface area contributed by atoms with E-state index in [0.29, 0.717) is 16.7 Å². The first kappa shape index (κ1) is 58.7. The van der Waals surface area contributed by atoms with E-state index in [1.807, 2.05) is 72.8 Å². The second kappa shape index (κ2) is 26.9. The number of aromatic nitrogens is 8. The highest BCUT2D eigenvalue weighted by atomic mass is 16.6. The predicted molar refractivity (Wildman–Crippen MR) is 323 cm³/mol. The Hall–Kier alpha value is -12.1. The number of rotatable bonds is 22. The molecule has 0 bridgehead atoms. The van der Waals surface area contributed by atoms with Crippen LogP contribution in [0.15, 0.2) is 182 Å². The molecular weight excluding hydrogens is 1140 g/mol. The lowest BCUT2D eigenvalue weighted by atomic mass is 9.98. The molecule has 0 saturated carbocycles. The number of carbonyl (C=O) groups excluding carboxylic acids is 6. The zero-order valence-corrected chi connectivity index (χ0v) is 47.1. The number of aromatic amines is 1. The van der Waals surface area contributed by atoms with Gasteiger partial charge >= 0.3 is 24.2 Å². The van der Waals surface area contributed by atoms with Gasteiger partial charge in [0.25, 0.3) is 5.56 Å². The van der Waals surface area contributed by atoms with Crippen molar-refractivity contribution in [1.29, 1.82) is 0 Å². The number of imidazole rings is 2. The molecule has 0 spiro atoms. The van der Waals surface area contributed by atoms with Crippen molar-refractivity contribution in [3.05, 3.63) is 220 Å². The number of ether oxygens (including phenoxy) is 3. The summed E-state index contributed by atoms with van der Waals surface area (Å²) in [6.45, 7) is -3.02. The molecule has 6 N–H and O–H groups in total. The van der Waals surface area contributed by atoms with Crippen LogP contribution in [-0.2, 0) is 72.8 Å². The lowest BCUT2D eigenvalue weighted by Crippen LogP contribution is -2.40. The summed E-state index contributed by atoms with van der Waals surface area (Å²) >= 11 is 0. The molecule has 0 radical (unpaired) electrons. The van der Waals surface area contributed by atoms with Gasteiger partial charge in [-0.2, -0.15) is 4.98 Å². The zero-order valence-electron chi connectivity index (χ0n) is 47.1. The van der Waals surface area contributed by atoms with Crippen LogP contribution >= 0.6 is 0 Å². The predicted octanol–water partition coefficient (Wildman–Crippen LogP) is 7.90. The number of nitrogens with one attached hydrogen (secondary N) is 5. The third-order valence-electron chi connectivity index (χ3n) is 14.3. The number of hydrogen-bond acceptors (Lipinski definition) is 16. The van der Waals surface area contributed by atoms with Crippen LogP contribution in [0.2, 0.25) is 0 Å². The highest BCUT2D eigenvalue weighted by molar-refractivity contribution is 5.97. The Morgan fingerprint density at radius 3 is 1.64 bits per heavy atom. The lowest BCUT2D eigenvalue weighted by molar-refractivity contribution is -0.145. The van der Waals surface area contributed by atoms with Gasteiger partial charge in [-0.25, -0.2) is 34.3 Å². The van der Waals surface area contributed by atoms with E-state index < -0.39 is 73.7 Å². The third kappa shape index (κ3) is 14.2. The van der Waals surface area contributed by atoms with Gasteiger partial charge in [0.2, 0.25) is 23.7 Å². The molecular formula is C63H54N14O12. The van der Waals surface area contributed by atoms with Gasteiger partial charge in [0, 0.05) is 30.4 Å². The number of para-hydroxylation sites is 2. The molecule has 11 rings (SSSR count). The van der Waals surface area contributed by atoms with E-state index in [1.165, 1.54) is 39.1 Å². The van der Waals surface area contributed by atoms with Crippen molar-refractivity contribution in [2.24, 2.45) is 0 Å². The highest BCUT2D eigenvalue weighted by Gasteiger charge is 2.30. The molecule has 26 nitrogen and oxygen atoms in total. The second-order valence-electron chi connectivity index (χ2n) is 20.3. The monoisotopic (exact) mass is 1200 g/mol. The van der Waals surface area contributed by atoms with Crippen LogP contribution in [0.25, 0.3) is 33.5 Å². The van der Waals surface area contributed by atoms with E-state index in [1.54, 1.807) is 78.9 Å². The number of nitrogens with zero attached hydrogens (tertiary/aromatic N) is 9. The fraction of sp³-hybridized carbons (Fsp3) is 0.159. The Balaban J connectivity index is 0.803. The van der Waals surface area contributed by atoms with E-state index in [9.17, 15) is 43.5 Å². The number of carboxylic acids is 1. The molecule has 0 aliphatic heterocycles. The molecule has 10 aromatic rings. The average Bonchev–Trinajstić information content (AvgIpc) is 1.76. The fourth-order valence-corrected chi connectivity index (χ4v) is 10.1. The Bertz CT molecular complexity index is 4320. The molecule has 0 atom stereocenters. The van der Waals surface area contributed by atoms with Gasteiger partial charge in [-0.05, 0) is 56.6 Å². The van der Waals surface area contributed by atoms with Gasteiger partial charge in [-0.15, -0.1) is 0 Å².